The molecule has 0 radical (unpaired) electrons. The Hall–Kier alpha value is -1.74. The molecule has 0 aliphatic heterocycles. The molecule has 0 amide bonds. The van der Waals surface area contributed by atoms with E-state index < -0.39 is 0 Å². The van der Waals surface area contributed by atoms with Crippen LogP contribution in [0.1, 0.15) is 0 Å². The van der Waals surface area contributed by atoms with Crippen molar-refractivity contribution in [3.05, 3.63) is 41.6 Å². The molecule has 1 aromatic heterocycles. The van der Waals surface area contributed by atoms with E-state index in [4.69, 9.17) is 21.1 Å². The third-order valence-electron chi connectivity index (χ3n) is 2.39. The number of rotatable bonds is 3. The number of aromatic nitrogens is 1. The van der Waals surface area contributed by atoms with Gasteiger partial charge in [-0.3, -0.25) is 0 Å². The molecule has 4 heteroatoms. The fourth-order valence-corrected chi connectivity index (χ4v) is 1.81. The monoisotopic (exact) mass is 249 g/mol. The van der Waals surface area contributed by atoms with Gasteiger partial charge in [-0.05, 0) is 24.3 Å². The minimum atomic E-state index is 0.451. The molecule has 0 saturated heterocycles. The van der Waals surface area contributed by atoms with E-state index in [1.165, 1.54) is 0 Å². The van der Waals surface area contributed by atoms with E-state index in [0.717, 1.165) is 11.3 Å². The lowest BCUT2D eigenvalue weighted by atomic mass is 10.1. The normalized spacial score (nSPS) is 10.1. The van der Waals surface area contributed by atoms with Gasteiger partial charge in [0.25, 0.3) is 0 Å². The van der Waals surface area contributed by atoms with E-state index in [-0.39, 0.29) is 0 Å². The topological polar surface area (TPSA) is 31.4 Å². The second kappa shape index (κ2) is 5.06. The average Bonchev–Trinajstić information content (AvgIpc) is 2.37. The van der Waals surface area contributed by atoms with Gasteiger partial charge in [0.2, 0.25) is 0 Å². The zero-order valence-electron chi connectivity index (χ0n) is 9.61. The average molecular weight is 250 g/mol. The van der Waals surface area contributed by atoms with E-state index in [1.807, 2.05) is 30.3 Å². The van der Waals surface area contributed by atoms with Gasteiger partial charge in [-0.1, -0.05) is 23.7 Å². The Bertz CT molecular complexity index is 529. The lowest BCUT2D eigenvalue weighted by Crippen LogP contribution is -1.94. The van der Waals surface area contributed by atoms with Crippen LogP contribution in [0.25, 0.3) is 11.3 Å². The second-order valence-electron chi connectivity index (χ2n) is 3.39. The summed E-state index contributed by atoms with van der Waals surface area (Å²) < 4.78 is 10.6. The summed E-state index contributed by atoms with van der Waals surface area (Å²) in [5.41, 5.74) is 1.61. The fraction of sp³-hybridized carbons (Fsp3) is 0.154. The molecule has 0 bridgehead atoms. The molecular weight excluding hydrogens is 238 g/mol. The Balaban J connectivity index is 2.59. The molecule has 88 valence electrons. The molecule has 1 heterocycles. The maximum atomic E-state index is 5.88. The van der Waals surface area contributed by atoms with E-state index in [0.29, 0.717) is 16.7 Å². The molecule has 0 aliphatic rings. The van der Waals surface area contributed by atoms with Gasteiger partial charge in [0.05, 0.1) is 19.9 Å². The van der Waals surface area contributed by atoms with Crippen LogP contribution in [0.2, 0.25) is 5.15 Å². The number of pyridine rings is 1. The molecule has 0 saturated carbocycles. The van der Waals surface area contributed by atoms with Crippen LogP contribution in [-0.2, 0) is 0 Å². The standard InChI is InChI=1S/C13H12ClNO2/c1-16-11-7-3-5-9(13(11)17-2)10-6-4-8-12(14)15-10/h3-8H,1-2H3. The number of benzene rings is 1. The first-order chi connectivity index (χ1) is 8.26. The molecule has 2 rings (SSSR count). The molecule has 2 aromatic rings. The summed E-state index contributed by atoms with van der Waals surface area (Å²) in [5.74, 6) is 1.33. The Morgan fingerprint density at radius 2 is 1.76 bits per heavy atom. The highest BCUT2D eigenvalue weighted by Gasteiger charge is 2.12. The second-order valence-corrected chi connectivity index (χ2v) is 3.77. The summed E-state index contributed by atoms with van der Waals surface area (Å²) in [5, 5.41) is 0.451. The Kier molecular flexibility index (Phi) is 3.49. The van der Waals surface area contributed by atoms with E-state index >= 15 is 0 Å². The number of hydrogen-bond donors (Lipinski definition) is 0. The van der Waals surface area contributed by atoms with Gasteiger partial charge in [-0.25, -0.2) is 4.98 Å². The van der Waals surface area contributed by atoms with E-state index in [9.17, 15) is 0 Å². The van der Waals surface area contributed by atoms with E-state index in [1.54, 1.807) is 20.3 Å². The van der Waals surface area contributed by atoms with Crippen molar-refractivity contribution in [3.8, 4) is 22.8 Å². The van der Waals surface area contributed by atoms with Gasteiger partial charge in [0.1, 0.15) is 5.15 Å². The number of halogens is 1. The third-order valence-corrected chi connectivity index (χ3v) is 2.60. The minimum Gasteiger partial charge on any atom is -0.493 e. The van der Waals surface area contributed by atoms with E-state index in [2.05, 4.69) is 4.98 Å². The number of nitrogens with zero attached hydrogens (tertiary/aromatic N) is 1. The van der Waals surface area contributed by atoms with Gasteiger partial charge in [0, 0.05) is 5.56 Å². The quantitative estimate of drug-likeness (QED) is 0.781. The Morgan fingerprint density at radius 3 is 2.41 bits per heavy atom. The number of ether oxygens (including phenoxy) is 2. The Labute approximate surface area is 105 Å². The number of para-hydroxylation sites is 1. The van der Waals surface area contributed by atoms with Crippen molar-refractivity contribution in [2.24, 2.45) is 0 Å². The molecule has 3 nitrogen and oxygen atoms in total. The van der Waals surface area contributed by atoms with Crippen LogP contribution >= 0.6 is 11.6 Å². The zero-order chi connectivity index (χ0) is 12.3. The predicted molar refractivity (Wildman–Crippen MR) is 67.8 cm³/mol. The summed E-state index contributed by atoms with van der Waals surface area (Å²) in [7, 11) is 3.21. The largest absolute Gasteiger partial charge is 0.493 e. The smallest absolute Gasteiger partial charge is 0.170 e. The maximum absolute atomic E-state index is 5.88. The number of methoxy groups -OCH3 is 2. The Morgan fingerprint density at radius 1 is 1.00 bits per heavy atom. The van der Waals surface area contributed by atoms with Crippen molar-refractivity contribution in [2.45, 2.75) is 0 Å². The van der Waals surface area contributed by atoms with Gasteiger partial charge in [-0.2, -0.15) is 0 Å². The lowest BCUT2D eigenvalue weighted by Gasteiger charge is -2.12. The van der Waals surface area contributed by atoms with Crippen LogP contribution in [0, 0.1) is 0 Å². The summed E-state index contributed by atoms with van der Waals surface area (Å²) in [6, 6.07) is 11.1. The first-order valence-electron chi connectivity index (χ1n) is 5.10. The molecule has 0 fully saturated rings. The summed E-state index contributed by atoms with van der Waals surface area (Å²) in [6.07, 6.45) is 0. The van der Waals surface area contributed by atoms with Gasteiger partial charge < -0.3 is 9.47 Å². The molecule has 0 atom stereocenters. The summed E-state index contributed by atoms with van der Waals surface area (Å²) in [4.78, 5) is 4.26. The summed E-state index contributed by atoms with van der Waals surface area (Å²) >= 11 is 5.88. The van der Waals surface area contributed by atoms with Crippen molar-refractivity contribution in [2.75, 3.05) is 14.2 Å². The number of hydrogen-bond acceptors (Lipinski definition) is 3. The molecule has 0 spiro atoms. The van der Waals surface area contributed by atoms with Crippen LogP contribution < -0.4 is 9.47 Å². The van der Waals surface area contributed by atoms with Crippen molar-refractivity contribution >= 4 is 11.6 Å². The SMILES string of the molecule is COc1cccc(-c2cccc(Cl)n2)c1OC. The highest BCUT2D eigenvalue weighted by atomic mass is 35.5. The van der Waals surface area contributed by atoms with Crippen LogP contribution in [-0.4, -0.2) is 19.2 Å². The van der Waals surface area contributed by atoms with Crippen molar-refractivity contribution in [1.82, 2.24) is 4.98 Å². The van der Waals surface area contributed by atoms with Crippen LogP contribution in [0.5, 0.6) is 11.5 Å². The fourth-order valence-electron chi connectivity index (χ4n) is 1.65. The molecule has 0 unspecified atom stereocenters. The first-order valence-corrected chi connectivity index (χ1v) is 5.48. The molecule has 0 N–H and O–H groups in total. The zero-order valence-corrected chi connectivity index (χ0v) is 10.4. The van der Waals surface area contributed by atoms with Crippen LogP contribution in [0.15, 0.2) is 36.4 Å². The van der Waals surface area contributed by atoms with Crippen molar-refractivity contribution < 1.29 is 9.47 Å². The van der Waals surface area contributed by atoms with Gasteiger partial charge in [-0.15, -0.1) is 0 Å². The summed E-state index contributed by atoms with van der Waals surface area (Å²) in [6.45, 7) is 0. The van der Waals surface area contributed by atoms with Crippen molar-refractivity contribution in [1.29, 1.82) is 0 Å². The first kappa shape index (κ1) is 11.7. The maximum Gasteiger partial charge on any atom is 0.170 e. The molecular formula is C13H12ClNO2. The molecule has 17 heavy (non-hydrogen) atoms. The van der Waals surface area contributed by atoms with Crippen molar-refractivity contribution in [3.63, 3.8) is 0 Å². The van der Waals surface area contributed by atoms with Gasteiger partial charge in [0.15, 0.2) is 11.5 Å². The predicted octanol–water partition coefficient (Wildman–Crippen LogP) is 3.42. The lowest BCUT2D eigenvalue weighted by molar-refractivity contribution is 0.356. The van der Waals surface area contributed by atoms with Crippen LogP contribution in [0.3, 0.4) is 0 Å². The molecule has 0 aliphatic carbocycles. The van der Waals surface area contributed by atoms with Gasteiger partial charge >= 0.3 is 0 Å². The highest BCUT2D eigenvalue weighted by molar-refractivity contribution is 6.29. The molecule has 1 aromatic carbocycles. The highest BCUT2D eigenvalue weighted by Crippen LogP contribution is 2.37. The minimum absolute atomic E-state index is 0.451. The third kappa shape index (κ3) is 2.34. The van der Waals surface area contributed by atoms with Crippen LogP contribution in [0.4, 0.5) is 0 Å².